The standard InChI is InChI=1S/C26H17ClF2N4O2.CH4/c1-13-19-12-30-26(32-16-8-5-14(6-9-16)25(34)35)33-23(19)17-10-7-15(27)11-18(17)24(31-13)22-20(28)3-2-4-21(22)29;/h2-13H,1H3,(H,34,35)(H,30,32,33);1H4. The van der Waals surface area contributed by atoms with Gasteiger partial charge in [0.2, 0.25) is 5.95 Å². The normalized spacial score (nSPS) is 14.0. The molecule has 0 spiro atoms. The Bertz CT molecular complexity index is 1490. The Kier molecular flexibility index (Phi) is 6.81. The molecule has 5 rings (SSSR count). The number of halogens is 3. The molecule has 36 heavy (non-hydrogen) atoms. The maximum atomic E-state index is 14.8. The number of rotatable bonds is 4. The van der Waals surface area contributed by atoms with E-state index < -0.39 is 23.6 Å². The lowest BCUT2D eigenvalue weighted by Gasteiger charge is -2.13. The lowest BCUT2D eigenvalue weighted by Crippen LogP contribution is -2.10. The van der Waals surface area contributed by atoms with Crippen LogP contribution < -0.4 is 5.32 Å². The van der Waals surface area contributed by atoms with Gasteiger partial charge in [-0.25, -0.2) is 23.5 Å². The number of fused-ring (bicyclic) bond motifs is 3. The van der Waals surface area contributed by atoms with E-state index in [0.717, 1.165) is 0 Å². The number of anilines is 2. The maximum absolute atomic E-state index is 14.8. The Morgan fingerprint density at radius 1 is 1.03 bits per heavy atom. The van der Waals surface area contributed by atoms with E-state index in [1.54, 1.807) is 43.5 Å². The highest BCUT2D eigenvalue weighted by Gasteiger charge is 2.28. The molecule has 1 aliphatic heterocycles. The van der Waals surface area contributed by atoms with E-state index in [1.807, 2.05) is 0 Å². The molecule has 0 saturated carbocycles. The van der Waals surface area contributed by atoms with Gasteiger partial charge in [0.25, 0.3) is 0 Å². The highest BCUT2D eigenvalue weighted by Crippen LogP contribution is 2.38. The molecule has 182 valence electrons. The summed E-state index contributed by atoms with van der Waals surface area (Å²) in [5, 5.41) is 12.5. The van der Waals surface area contributed by atoms with Crippen LogP contribution in [0.25, 0.3) is 11.3 Å². The number of hydrogen-bond acceptors (Lipinski definition) is 5. The summed E-state index contributed by atoms with van der Waals surface area (Å²) in [6, 6.07) is 14.3. The van der Waals surface area contributed by atoms with Crippen molar-refractivity contribution in [1.29, 1.82) is 0 Å². The number of nitrogens with zero attached hydrogens (tertiary/aromatic N) is 3. The van der Waals surface area contributed by atoms with Gasteiger partial charge in [-0.15, -0.1) is 0 Å². The second-order valence-electron chi connectivity index (χ2n) is 7.95. The summed E-state index contributed by atoms with van der Waals surface area (Å²) in [6.07, 6.45) is 1.61. The van der Waals surface area contributed by atoms with Crippen LogP contribution in [-0.2, 0) is 0 Å². The van der Waals surface area contributed by atoms with Crippen LogP contribution in [0.5, 0.6) is 0 Å². The molecule has 9 heteroatoms. The van der Waals surface area contributed by atoms with Crippen molar-refractivity contribution in [2.45, 2.75) is 20.4 Å². The number of aromatic carboxylic acids is 1. The maximum Gasteiger partial charge on any atom is 0.335 e. The van der Waals surface area contributed by atoms with Gasteiger partial charge >= 0.3 is 5.97 Å². The first-order valence-corrected chi connectivity index (χ1v) is 11.0. The first-order valence-electron chi connectivity index (χ1n) is 10.6. The topological polar surface area (TPSA) is 87.5 Å². The van der Waals surface area contributed by atoms with Gasteiger partial charge in [0, 0.05) is 33.6 Å². The zero-order chi connectivity index (χ0) is 24.7. The van der Waals surface area contributed by atoms with Crippen molar-refractivity contribution in [2.24, 2.45) is 4.99 Å². The highest BCUT2D eigenvalue weighted by molar-refractivity contribution is 6.31. The van der Waals surface area contributed by atoms with Crippen molar-refractivity contribution in [3.63, 3.8) is 0 Å². The molecule has 2 heterocycles. The summed E-state index contributed by atoms with van der Waals surface area (Å²) < 4.78 is 29.5. The minimum absolute atomic E-state index is 0. The van der Waals surface area contributed by atoms with Crippen LogP contribution in [0.15, 0.2) is 71.9 Å². The van der Waals surface area contributed by atoms with Crippen molar-refractivity contribution in [2.75, 3.05) is 5.32 Å². The molecule has 0 fully saturated rings. The van der Waals surface area contributed by atoms with E-state index in [0.29, 0.717) is 33.1 Å². The Morgan fingerprint density at radius 2 is 1.72 bits per heavy atom. The number of hydrogen-bond donors (Lipinski definition) is 2. The average molecular weight is 507 g/mol. The number of carboxylic acids is 1. The molecular weight excluding hydrogens is 486 g/mol. The number of benzene rings is 3. The SMILES string of the molecule is C.CC1N=C(c2c(F)cccc2F)c2cc(Cl)ccc2-c2nc(Nc3ccc(C(=O)O)cc3)ncc21. The van der Waals surface area contributed by atoms with E-state index in [2.05, 4.69) is 20.3 Å². The molecule has 4 aromatic rings. The minimum Gasteiger partial charge on any atom is -0.478 e. The third-order valence-electron chi connectivity index (χ3n) is 5.67. The zero-order valence-corrected chi connectivity index (χ0v) is 19.0. The first kappa shape index (κ1) is 24.9. The monoisotopic (exact) mass is 506 g/mol. The summed E-state index contributed by atoms with van der Waals surface area (Å²) in [7, 11) is 0. The summed E-state index contributed by atoms with van der Waals surface area (Å²) in [5.74, 6) is -2.22. The molecule has 1 aliphatic rings. The van der Waals surface area contributed by atoms with E-state index in [1.165, 1.54) is 30.3 Å². The lowest BCUT2D eigenvalue weighted by atomic mass is 9.94. The lowest BCUT2D eigenvalue weighted by molar-refractivity contribution is 0.0697. The van der Waals surface area contributed by atoms with Gasteiger partial charge in [-0.1, -0.05) is 31.2 Å². The minimum atomic E-state index is -1.02. The summed E-state index contributed by atoms with van der Waals surface area (Å²) in [6.45, 7) is 1.80. The Morgan fingerprint density at radius 3 is 2.39 bits per heavy atom. The van der Waals surface area contributed by atoms with E-state index in [4.69, 9.17) is 16.7 Å². The molecule has 3 aromatic carbocycles. The van der Waals surface area contributed by atoms with Crippen LogP contribution in [0.1, 0.15) is 47.4 Å². The Balaban J connectivity index is 0.00000304. The number of nitrogens with one attached hydrogen (secondary N) is 1. The van der Waals surface area contributed by atoms with E-state index in [9.17, 15) is 13.6 Å². The van der Waals surface area contributed by atoms with Crippen LogP contribution in [0.3, 0.4) is 0 Å². The van der Waals surface area contributed by atoms with Crippen LogP contribution in [0.4, 0.5) is 20.4 Å². The van der Waals surface area contributed by atoms with Crippen molar-refractivity contribution >= 4 is 34.9 Å². The summed E-state index contributed by atoms with van der Waals surface area (Å²) >= 11 is 6.27. The predicted octanol–water partition coefficient (Wildman–Crippen LogP) is 7.07. The average Bonchev–Trinajstić information content (AvgIpc) is 2.94. The molecule has 0 saturated heterocycles. The fraction of sp³-hybridized carbons (Fsp3) is 0.111. The van der Waals surface area contributed by atoms with Crippen LogP contribution >= 0.6 is 11.6 Å². The number of carboxylic acid groups (broad SMARTS) is 1. The zero-order valence-electron chi connectivity index (χ0n) is 18.3. The first-order chi connectivity index (χ1) is 16.8. The van der Waals surface area contributed by atoms with Gasteiger partial charge in [-0.05, 0) is 55.5 Å². The summed E-state index contributed by atoms with van der Waals surface area (Å²) in [4.78, 5) is 24.8. The molecular formula is C27H21ClF2N4O2. The molecule has 0 bridgehead atoms. The van der Waals surface area contributed by atoms with Gasteiger partial charge in [0.1, 0.15) is 11.6 Å². The number of carbonyl (C=O) groups is 1. The second kappa shape index (κ2) is 9.83. The van der Waals surface area contributed by atoms with Gasteiger partial charge in [0.05, 0.1) is 28.6 Å². The predicted molar refractivity (Wildman–Crippen MR) is 136 cm³/mol. The molecule has 0 amide bonds. The molecule has 0 aliphatic carbocycles. The quantitative estimate of drug-likeness (QED) is 0.309. The van der Waals surface area contributed by atoms with Gasteiger partial charge < -0.3 is 10.4 Å². The number of aliphatic imine (C=N–C) groups is 1. The number of aromatic nitrogens is 2. The molecule has 1 atom stereocenters. The fourth-order valence-corrected chi connectivity index (χ4v) is 4.15. The van der Waals surface area contributed by atoms with Gasteiger partial charge in [-0.2, -0.15) is 0 Å². The van der Waals surface area contributed by atoms with Crippen LogP contribution in [0, 0.1) is 11.6 Å². The summed E-state index contributed by atoms with van der Waals surface area (Å²) in [5.41, 5.74) is 2.92. The van der Waals surface area contributed by atoms with Crippen LogP contribution in [0.2, 0.25) is 5.02 Å². The highest BCUT2D eigenvalue weighted by atomic mass is 35.5. The molecule has 6 nitrogen and oxygen atoms in total. The van der Waals surface area contributed by atoms with Gasteiger partial charge in [0.15, 0.2) is 0 Å². The van der Waals surface area contributed by atoms with E-state index in [-0.39, 0.29) is 30.2 Å². The van der Waals surface area contributed by atoms with E-state index >= 15 is 0 Å². The molecule has 2 N–H and O–H groups in total. The molecule has 1 aromatic heterocycles. The van der Waals surface area contributed by atoms with Crippen molar-refractivity contribution in [3.05, 3.63) is 106 Å². The smallest absolute Gasteiger partial charge is 0.335 e. The Hall–Kier alpha value is -4.17. The van der Waals surface area contributed by atoms with Crippen molar-refractivity contribution < 1.29 is 18.7 Å². The molecule has 0 radical (unpaired) electrons. The largest absolute Gasteiger partial charge is 0.478 e. The van der Waals surface area contributed by atoms with Gasteiger partial charge in [-0.3, -0.25) is 4.99 Å². The second-order valence-corrected chi connectivity index (χ2v) is 8.38. The van der Waals surface area contributed by atoms with Crippen molar-refractivity contribution in [3.8, 4) is 11.3 Å². The third kappa shape index (κ3) is 4.55. The third-order valence-corrected chi connectivity index (χ3v) is 5.90. The molecule has 1 unspecified atom stereocenters. The van der Waals surface area contributed by atoms with Crippen molar-refractivity contribution in [1.82, 2.24) is 9.97 Å². The Labute approximate surface area is 211 Å². The van der Waals surface area contributed by atoms with Crippen LogP contribution in [-0.4, -0.2) is 26.8 Å². The fourth-order valence-electron chi connectivity index (χ4n) is 3.97.